The van der Waals surface area contributed by atoms with Crippen LogP contribution < -0.4 is 11.2 Å². The van der Waals surface area contributed by atoms with E-state index in [1.807, 2.05) is 6.92 Å². The van der Waals surface area contributed by atoms with Crippen molar-refractivity contribution in [1.29, 1.82) is 5.26 Å². The maximum Gasteiger partial charge on any atom is 0.328 e. The van der Waals surface area contributed by atoms with Crippen LogP contribution in [0, 0.1) is 11.3 Å². The van der Waals surface area contributed by atoms with Crippen LogP contribution in [-0.2, 0) is 4.74 Å². The summed E-state index contributed by atoms with van der Waals surface area (Å²) in [4.78, 5) is 24.7. The first kappa shape index (κ1) is 12.2. The summed E-state index contributed by atoms with van der Waals surface area (Å²) >= 11 is 0. The minimum Gasteiger partial charge on any atom is -0.380 e. The van der Waals surface area contributed by atoms with E-state index in [1.165, 1.54) is 10.8 Å². The smallest absolute Gasteiger partial charge is 0.328 e. The first-order chi connectivity index (χ1) is 7.60. The van der Waals surface area contributed by atoms with Crippen molar-refractivity contribution in [2.45, 2.75) is 19.9 Å². The molecule has 1 atom stereocenters. The number of H-pyrrole nitrogens is 1. The Labute approximate surface area is 92.1 Å². The van der Waals surface area contributed by atoms with Crippen LogP contribution >= 0.6 is 0 Å². The fourth-order valence-corrected chi connectivity index (χ4v) is 1.26. The Balaban J connectivity index is 3.10. The quantitative estimate of drug-likeness (QED) is 0.778. The van der Waals surface area contributed by atoms with Crippen molar-refractivity contribution in [3.8, 4) is 6.07 Å². The molecular weight excluding hydrogens is 210 g/mol. The molecular formula is C10H13N3O3. The predicted octanol–water partition coefficient (Wildman–Crippen LogP) is 0.00578. The second kappa shape index (κ2) is 5.28. The van der Waals surface area contributed by atoms with Crippen LogP contribution in [0.4, 0.5) is 0 Å². The molecule has 0 aliphatic heterocycles. The first-order valence-corrected chi connectivity index (χ1v) is 4.93. The number of hydrogen-bond acceptors (Lipinski definition) is 4. The normalized spacial score (nSPS) is 12.1. The summed E-state index contributed by atoms with van der Waals surface area (Å²) in [6, 6.07) is 1.50. The zero-order valence-corrected chi connectivity index (χ0v) is 9.19. The van der Waals surface area contributed by atoms with E-state index in [-0.39, 0.29) is 11.6 Å². The molecule has 0 spiro atoms. The van der Waals surface area contributed by atoms with Crippen LogP contribution in [0.5, 0.6) is 0 Å². The van der Waals surface area contributed by atoms with E-state index in [0.717, 1.165) is 0 Å². The highest BCUT2D eigenvalue weighted by Crippen LogP contribution is 2.01. The van der Waals surface area contributed by atoms with E-state index >= 15 is 0 Å². The molecule has 0 fully saturated rings. The molecule has 1 rings (SSSR count). The highest BCUT2D eigenvalue weighted by atomic mass is 16.5. The first-order valence-electron chi connectivity index (χ1n) is 4.93. The van der Waals surface area contributed by atoms with E-state index in [9.17, 15) is 9.59 Å². The zero-order chi connectivity index (χ0) is 12.1. The predicted molar refractivity (Wildman–Crippen MR) is 57.2 cm³/mol. The Bertz CT molecular complexity index is 509. The molecule has 1 aromatic heterocycles. The summed E-state index contributed by atoms with van der Waals surface area (Å²) < 4.78 is 6.46. The van der Waals surface area contributed by atoms with Crippen molar-refractivity contribution in [2.24, 2.45) is 0 Å². The van der Waals surface area contributed by atoms with Gasteiger partial charge in [-0.15, -0.1) is 0 Å². The van der Waals surface area contributed by atoms with Crippen molar-refractivity contribution in [1.82, 2.24) is 9.55 Å². The van der Waals surface area contributed by atoms with Gasteiger partial charge in [0.2, 0.25) is 0 Å². The SMILES string of the molecule is CCOCC(C)n1cc(C#N)c(=O)[nH]c1=O. The number of aromatic nitrogens is 2. The number of aromatic amines is 1. The maximum absolute atomic E-state index is 11.5. The molecule has 0 saturated carbocycles. The topological polar surface area (TPSA) is 87.9 Å². The molecule has 0 aliphatic carbocycles. The van der Waals surface area contributed by atoms with Crippen molar-refractivity contribution in [3.63, 3.8) is 0 Å². The Kier molecular flexibility index (Phi) is 4.03. The third-order valence-corrected chi connectivity index (χ3v) is 2.13. The van der Waals surface area contributed by atoms with Crippen LogP contribution in [0.25, 0.3) is 0 Å². The van der Waals surface area contributed by atoms with Crippen LogP contribution in [0.15, 0.2) is 15.8 Å². The maximum atomic E-state index is 11.5. The summed E-state index contributed by atoms with van der Waals surface area (Å²) in [7, 11) is 0. The fraction of sp³-hybridized carbons (Fsp3) is 0.500. The molecule has 0 aromatic carbocycles. The van der Waals surface area contributed by atoms with Crippen molar-refractivity contribution in [3.05, 3.63) is 32.6 Å². The average molecular weight is 223 g/mol. The molecule has 0 bridgehead atoms. The van der Waals surface area contributed by atoms with Gasteiger partial charge < -0.3 is 4.74 Å². The summed E-state index contributed by atoms with van der Waals surface area (Å²) in [5.41, 5.74) is -1.27. The van der Waals surface area contributed by atoms with Gasteiger partial charge in [-0.3, -0.25) is 14.3 Å². The molecule has 0 aliphatic rings. The van der Waals surface area contributed by atoms with Gasteiger partial charge >= 0.3 is 5.69 Å². The number of rotatable bonds is 4. The van der Waals surface area contributed by atoms with Crippen molar-refractivity contribution in [2.75, 3.05) is 13.2 Å². The molecule has 6 nitrogen and oxygen atoms in total. The lowest BCUT2D eigenvalue weighted by molar-refractivity contribution is 0.117. The van der Waals surface area contributed by atoms with Crippen molar-refractivity contribution >= 4 is 0 Å². The number of hydrogen-bond donors (Lipinski definition) is 1. The molecule has 1 unspecified atom stereocenters. The summed E-state index contributed by atoms with van der Waals surface area (Å²) in [5.74, 6) is 0. The van der Waals surface area contributed by atoms with E-state index in [0.29, 0.717) is 13.2 Å². The highest BCUT2D eigenvalue weighted by Gasteiger charge is 2.09. The Morgan fingerprint density at radius 2 is 2.31 bits per heavy atom. The molecule has 1 N–H and O–H groups in total. The molecule has 6 heteroatoms. The molecule has 16 heavy (non-hydrogen) atoms. The number of nitrogens with one attached hydrogen (secondary N) is 1. The summed E-state index contributed by atoms with van der Waals surface area (Å²) in [6.45, 7) is 4.53. The van der Waals surface area contributed by atoms with Crippen LogP contribution in [0.2, 0.25) is 0 Å². The highest BCUT2D eigenvalue weighted by molar-refractivity contribution is 5.21. The van der Waals surface area contributed by atoms with Crippen LogP contribution in [0.3, 0.4) is 0 Å². The van der Waals surface area contributed by atoms with Gasteiger partial charge in [-0.25, -0.2) is 4.79 Å². The lowest BCUT2D eigenvalue weighted by Crippen LogP contribution is -2.34. The summed E-state index contributed by atoms with van der Waals surface area (Å²) in [6.07, 6.45) is 1.25. The van der Waals surface area contributed by atoms with Gasteiger partial charge in [0, 0.05) is 12.8 Å². The van der Waals surface area contributed by atoms with Gasteiger partial charge in [-0.2, -0.15) is 5.26 Å². The summed E-state index contributed by atoms with van der Waals surface area (Å²) in [5, 5.41) is 8.67. The molecule has 1 aromatic rings. The van der Waals surface area contributed by atoms with E-state index in [1.54, 1.807) is 13.0 Å². The molecule has 0 saturated heterocycles. The van der Waals surface area contributed by atoms with Gasteiger partial charge in [0.05, 0.1) is 12.6 Å². The second-order valence-corrected chi connectivity index (χ2v) is 3.33. The van der Waals surface area contributed by atoms with E-state index in [2.05, 4.69) is 4.98 Å². The fourth-order valence-electron chi connectivity index (χ4n) is 1.26. The molecule has 0 radical (unpaired) electrons. The molecule has 1 heterocycles. The lowest BCUT2D eigenvalue weighted by atomic mass is 10.3. The average Bonchev–Trinajstić information content (AvgIpc) is 2.26. The molecule has 0 amide bonds. The number of nitrogens with zero attached hydrogens (tertiary/aromatic N) is 2. The third-order valence-electron chi connectivity index (χ3n) is 2.13. The lowest BCUT2D eigenvalue weighted by Gasteiger charge is -2.14. The largest absolute Gasteiger partial charge is 0.380 e. The second-order valence-electron chi connectivity index (χ2n) is 3.33. The minimum atomic E-state index is -0.660. The Morgan fingerprint density at radius 3 is 2.88 bits per heavy atom. The van der Waals surface area contributed by atoms with E-state index < -0.39 is 11.2 Å². The van der Waals surface area contributed by atoms with Gasteiger partial charge in [0.15, 0.2) is 0 Å². The van der Waals surface area contributed by atoms with Crippen molar-refractivity contribution < 1.29 is 4.74 Å². The monoisotopic (exact) mass is 223 g/mol. The van der Waals surface area contributed by atoms with Gasteiger partial charge in [0.25, 0.3) is 5.56 Å². The third kappa shape index (κ3) is 2.58. The Hall–Kier alpha value is -1.87. The number of ether oxygens (including phenoxy) is 1. The van der Waals surface area contributed by atoms with Crippen LogP contribution in [0.1, 0.15) is 25.5 Å². The minimum absolute atomic E-state index is 0.0806. The van der Waals surface area contributed by atoms with Crippen LogP contribution in [-0.4, -0.2) is 22.8 Å². The molecule has 86 valence electrons. The van der Waals surface area contributed by atoms with Gasteiger partial charge in [-0.1, -0.05) is 0 Å². The Morgan fingerprint density at radius 1 is 1.62 bits per heavy atom. The zero-order valence-electron chi connectivity index (χ0n) is 9.19. The standard InChI is InChI=1S/C10H13N3O3/c1-3-16-6-7(2)13-5-8(4-11)9(14)12-10(13)15/h5,7H,3,6H2,1-2H3,(H,12,14,15). The van der Waals surface area contributed by atoms with Gasteiger partial charge in [0.1, 0.15) is 11.6 Å². The van der Waals surface area contributed by atoms with Gasteiger partial charge in [-0.05, 0) is 13.8 Å². The number of nitriles is 1. The van der Waals surface area contributed by atoms with E-state index in [4.69, 9.17) is 10.00 Å².